The highest BCUT2D eigenvalue weighted by molar-refractivity contribution is 4.79. The van der Waals surface area contributed by atoms with Crippen LogP contribution >= 0.6 is 0 Å². The third kappa shape index (κ3) is 2.46. The molecule has 0 aromatic rings. The van der Waals surface area contributed by atoms with Gasteiger partial charge < -0.3 is 4.90 Å². The molecule has 1 rings (SSSR count). The second kappa shape index (κ2) is 4.07. The first kappa shape index (κ1) is 9.01. The van der Waals surface area contributed by atoms with Crippen molar-refractivity contribution in [3.05, 3.63) is 0 Å². The van der Waals surface area contributed by atoms with E-state index in [1.165, 1.54) is 32.5 Å². The number of hydrogen-bond donors (Lipinski definition) is 0. The molecule has 0 spiro atoms. The van der Waals surface area contributed by atoms with Gasteiger partial charge in [-0.2, -0.15) is 0 Å². The van der Waals surface area contributed by atoms with Crippen LogP contribution in [0.25, 0.3) is 0 Å². The van der Waals surface area contributed by atoms with Crippen LogP contribution in [0, 0.1) is 0 Å². The van der Waals surface area contributed by atoms with Crippen LogP contribution < -0.4 is 0 Å². The lowest BCUT2D eigenvalue weighted by Gasteiger charge is -2.25. The SMILES string of the molecule is CCN1CCC[C@H]1CN(C)C. The van der Waals surface area contributed by atoms with E-state index in [9.17, 15) is 0 Å². The molecule has 1 heterocycles. The van der Waals surface area contributed by atoms with Crippen molar-refractivity contribution in [2.75, 3.05) is 33.7 Å². The van der Waals surface area contributed by atoms with E-state index >= 15 is 0 Å². The molecule has 0 bridgehead atoms. The van der Waals surface area contributed by atoms with Crippen LogP contribution in [0.5, 0.6) is 0 Å². The highest BCUT2D eigenvalue weighted by Crippen LogP contribution is 2.16. The molecule has 0 amide bonds. The first-order chi connectivity index (χ1) is 5.24. The second-order valence-electron chi connectivity index (χ2n) is 3.69. The summed E-state index contributed by atoms with van der Waals surface area (Å²) in [5.41, 5.74) is 0. The van der Waals surface area contributed by atoms with Crippen LogP contribution in [0.4, 0.5) is 0 Å². The molecule has 2 nitrogen and oxygen atoms in total. The first-order valence-corrected chi connectivity index (χ1v) is 4.62. The maximum Gasteiger partial charge on any atom is 0.0223 e. The molecule has 0 N–H and O–H groups in total. The largest absolute Gasteiger partial charge is 0.308 e. The topological polar surface area (TPSA) is 6.48 Å². The number of rotatable bonds is 3. The number of hydrogen-bond acceptors (Lipinski definition) is 2. The molecule has 0 radical (unpaired) electrons. The molecule has 1 aliphatic rings. The molecular weight excluding hydrogens is 136 g/mol. The average molecular weight is 156 g/mol. The second-order valence-corrected chi connectivity index (χ2v) is 3.69. The molecule has 1 atom stereocenters. The van der Waals surface area contributed by atoms with E-state index in [1.54, 1.807) is 0 Å². The summed E-state index contributed by atoms with van der Waals surface area (Å²) in [4.78, 5) is 4.87. The lowest BCUT2D eigenvalue weighted by atomic mass is 10.2. The van der Waals surface area contributed by atoms with Crippen molar-refractivity contribution in [2.45, 2.75) is 25.8 Å². The molecule has 11 heavy (non-hydrogen) atoms. The fourth-order valence-electron chi connectivity index (χ4n) is 1.94. The van der Waals surface area contributed by atoms with E-state index in [4.69, 9.17) is 0 Å². The van der Waals surface area contributed by atoms with Gasteiger partial charge in [-0.1, -0.05) is 6.92 Å². The van der Waals surface area contributed by atoms with Crippen molar-refractivity contribution in [1.29, 1.82) is 0 Å². The minimum atomic E-state index is 0.829. The Morgan fingerprint density at radius 2 is 2.18 bits per heavy atom. The van der Waals surface area contributed by atoms with Gasteiger partial charge in [-0.15, -0.1) is 0 Å². The molecular formula is C9H20N2. The molecule has 0 aliphatic carbocycles. The van der Waals surface area contributed by atoms with E-state index < -0.39 is 0 Å². The Balaban J connectivity index is 2.31. The van der Waals surface area contributed by atoms with Crippen molar-refractivity contribution in [3.8, 4) is 0 Å². The summed E-state index contributed by atoms with van der Waals surface area (Å²) in [5.74, 6) is 0. The van der Waals surface area contributed by atoms with Crippen molar-refractivity contribution in [3.63, 3.8) is 0 Å². The van der Waals surface area contributed by atoms with Gasteiger partial charge in [0.2, 0.25) is 0 Å². The zero-order valence-electron chi connectivity index (χ0n) is 8.01. The maximum absolute atomic E-state index is 2.58. The normalized spacial score (nSPS) is 26.7. The summed E-state index contributed by atoms with van der Waals surface area (Å²) in [5, 5.41) is 0. The summed E-state index contributed by atoms with van der Waals surface area (Å²) in [6.45, 7) is 6.02. The Morgan fingerprint density at radius 1 is 1.45 bits per heavy atom. The van der Waals surface area contributed by atoms with E-state index in [0.717, 1.165) is 6.04 Å². The molecule has 0 saturated carbocycles. The van der Waals surface area contributed by atoms with Gasteiger partial charge in [-0.05, 0) is 40.0 Å². The zero-order chi connectivity index (χ0) is 8.27. The van der Waals surface area contributed by atoms with Crippen LogP contribution in [-0.2, 0) is 0 Å². The highest BCUT2D eigenvalue weighted by Gasteiger charge is 2.22. The Hall–Kier alpha value is -0.0800. The molecule has 0 aromatic heterocycles. The smallest absolute Gasteiger partial charge is 0.0223 e. The van der Waals surface area contributed by atoms with Gasteiger partial charge in [0.15, 0.2) is 0 Å². The molecule has 1 aliphatic heterocycles. The van der Waals surface area contributed by atoms with Gasteiger partial charge in [0.25, 0.3) is 0 Å². The number of likely N-dealkylation sites (tertiary alicyclic amines) is 1. The third-order valence-corrected chi connectivity index (χ3v) is 2.48. The Kier molecular flexibility index (Phi) is 3.34. The quantitative estimate of drug-likeness (QED) is 0.602. The fraction of sp³-hybridized carbons (Fsp3) is 1.00. The van der Waals surface area contributed by atoms with Crippen LogP contribution in [0.15, 0.2) is 0 Å². The Bertz CT molecular complexity index is 112. The summed E-state index contributed by atoms with van der Waals surface area (Å²) in [7, 11) is 4.32. The van der Waals surface area contributed by atoms with Crippen LogP contribution in [0.2, 0.25) is 0 Å². The average Bonchev–Trinajstić information content (AvgIpc) is 2.34. The molecule has 1 fully saturated rings. The molecule has 1 saturated heterocycles. The van der Waals surface area contributed by atoms with Crippen LogP contribution in [0.3, 0.4) is 0 Å². The standard InChI is InChI=1S/C9H20N2/c1-4-11-7-5-6-9(11)8-10(2)3/h9H,4-8H2,1-3H3/t9-/m0/s1. The van der Waals surface area contributed by atoms with E-state index in [0.29, 0.717) is 0 Å². The maximum atomic E-state index is 2.58. The van der Waals surface area contributed by atoms with Crippen LogP contribution in [0.1, 0.15) is 19.8 Å². The lowest BCUT2D eigenvalue weighted by Crippen LogP contribution is -2.37. The highest BCUT2D eigenvalue weighted by atomic mass is 15.2. The fourth-order valence-corrected chi connectivity index (χ4v) is 1.94. The lowest BCUT2D eigenvalue weighted by molar-refractivity contribution is 0.216. The van der Waals surface area contributed by atoms with Gasteiger partial charge in [0.05, 0.1) is 0 Å². The summed E-state index contributed by atoms with van der Waals surface area (Å²) < 4.78 is 0. The van der Waals surface area contributed by atoms with Gasteiger partial charge in [-0.3, -0.25) is 4.90 Å². The molecule has 0 aromatic carbocycles. The Morgan fingerprint density at radius 3 is 2.73 bits per heavy atom. The predicted octanol–water partition coefficient (Wildman–Crippen LogP) is 1.03. The van der Waals surface area contributed by atoms with Gasteiger partial charge in [-0.25, -0.2) is 0 Å². The molecule has 66 valence electrons. The van der Waals surface area contributed by atoms with Crippen molar-refractivity contribution in [1.82, 2.24) is 9.80 Å². The minimum Gasteiger partial charge on any atom is -0.308 e. The number of nitrogens with zero attached hydrogens (tertiary/aromatic N) is 2. The van der Waals surface area contributed by atoms with Gasteiger partial charge in [0.1, 0.15) is 0 Å². The Labute approximate surface area is 70.2 Å². The first-order valence-electron chi connectivity index (χ1n) is 4.62. The van der Waals surface area contributed by atoms with Crippen molar-refractivity contribution in [2.24, 2.45) is 0 Å². The van der Waals surface area contributed by atoms with E-state index in [-0.39, 0.29) is 0 Å². The summed E-state index contributed by atoms with van der Waals surface area (Å²) in [6.07, 6.45) is 2.79. The van der Waals surface area contributed by atoms with Crippen molar-refractivity contribution >= 4 is 0 Å². The number of likely N-dealkylation sites (N-methyl/N-ethyl adjacent to an activating group) is 2. The minimum absolute atomic E-state index is 0.829. The summed E-state index contributed by atoms with van der Waals surface area (Å²) >= 11 is 0. The van der Waals surface area contributed by atoms with Crippen molar-refractivity contribution < 1.29 is 0 Å². The molecule has 0 unspecified atom stereocenters. The monoisotopic (exact) mass is 156 g/mol. The molecule has 2 heteroatoms. The zero-order valence-corrected chi connectivity index (χ0v) is 8.01. The van der Waals surface area contributed by atoms with E-state index in [2.05, 4.69) is 30.8 Å². The third-order valence-electron chi connectivity index (χ3n) is 2.48. The van der Waals surface area contributed by atoms with Gasteiger partial charge in [0, 0.05) is 12.6 Å². The van der Waals surface area contributed by atoms with E-state index in [1.807, 2.05) is 0 Å². The summed E-state index contributed by atoms with van der Waals surface area (Å²) in [6, 6.07) is 0.829. The van der Waals surface area contributed by atoms with Crippen LogP contribution in [-0.4, -0.2) is 49.6 Å². The predicted molar refractivity (Wildman–Crippen MR) is 48.8 cm³/mol. The van der Waals surface area contributed by atoms with Gasteiger partial charge >= 0.3 is 0 Å².